The maximum absolute atomic E-state index is 14.6. The van der Waals surface area contributed by atoms with Gasteiger partial charge in [0.2, 0.25) is 0 Å². The highest BCUT2D eigenvalue weighted by Gasteiger charge is 2.92. The van der Waals surface area contributed by atoms with Gasteiger partial charge in [-0.2, -0.15) is 0 Å². The first kappa shape index (κ1) is 24.1. The number of fused-ring (bicyclic) bond motifs is 3. The van der Waals surface area contributed by atoms with E-state index in [2.05, 4.69) is 75.0 Å². The minimum absolute atomic E-state index is 0.241. The van der Waals surface area contributed by atoms with Gasteiger partial charge < -0.3 is 9.47 Å². The topological polar surface area (TPSA) is 35.5 Å². The van der Waals surface area contributed by atoms with E-state index in [4.69, 9.17) is 9.47 Å². The molecule has 0 bridgehead atoms. The average Bonchev–Trinajstić information content (AvgIpc) is 3.33. The molecule has 2 spiro atoms. The van der Waals surface area contributed by atoms with Crippen molar-refractivity contribution >= 4 is 21.9 Å². The zero-order valence-electron chi connectivity index (χ0n) is 22.3. The Bertz CT molecular complexity index is 1610. The van der Waals surface area contributed by atoms with Crippen molar-refractivity contribution in [3.63, 3.8) is 0 Å². The second kappa shape index (κ2) is 7.58. The van der Waals surface area contributed by atoms with E-state index < -0.39 is 16.4 Å². The van der Waals surface area contributed by atoms with Crippen molar-refractivity contribution in [1.29, 1.82) is 0 Å². The first-order chi connectivity index (χ1) is 18.3. The number of alkyl halides is 1. The highest BCUT2D eigenvalue weighted by atomic mass is 79.9. The summed E-state index contributed by atoms with van der Waals surface area (Å²) < 4.78 is 13.2. The Balaban J connectivity index is 1.73. The van der Waals surface area contributed by atoms with E-state index >= 15 is 0 Å². The molecule has 1 fully saturated rings. The molecule has 0 saturated heterocycles. The monoisotopic (exact) mass is 566 g/mol. The van der Waals surface area contributed by atoms with Crippen LogP contribution in [0.2, 0.25) is 0 Å². The standard InChI is InChI=1S/C34H31BrO3/c1-7-22-20(5)28-18(3)19(4)29-21(6)23(8-2)26-15-14-25(22)32(28)30-24-12-9-10-13-27(24)38-31(36)34(30,33(26,29)32)37-17-11-16-35/h7-10,12-15,30H,1-2,11,16-17H2,3-6H3. The van der Waals surface area contributed by atoms with Crippen LogP contribution in [0.4, 0.5) is 0 Å². The molecule has 4 unspecified atom stereocenters. The summed E-state index contributed by atoms with van der Waals surface area (Å²) in [6, 6.07) is 8.03. The second-order valence-corrected chi connectivity index (χ2v) is 12.0. The SMILES string of the molecule is C=CC1=C2C=CC3=C(C=C)C(C)=C4C(C)=C(C)C(=C1C)C21C2c5ccccc5OC(=O)C2(OCCCBr)C341. The van der Waals surface area contributed by atoms with Gasteiger partial charge in [-0.1, -0.05) is 71.6 Å². The molecule has 0 N–H and O–H groups in total. The smallest absolute Gasteiger partial charge is 0.345 e. The van der Waals surface area contributed by atoms with Crippen molar-refractivity contribution in [2.45, 2.75) is 45.6 Å². The van der Waals surface area contributed by atoms with E-state index in [1.807, 2.05) is 30.4 Å². The number of allylic oxidation sites excluding steroid dienone is 12. The molecule has 0 amide bonds. The third kappa shape index (κ3) is 2.10. The molecule has 5 aliphatic carbocycles. The molecular formula is C34H31BrO3. The summed E-state index contributed by atoms with van der Waals surface area (Å²) in [6.07, 6.45) is 9.25. The van der Waals surface area contributed by atoms with E-state index in [1.165, 1.54) is 44.6 Å². The van der Waals surface area contributed by atoms with Crippen LogP contribution in [-0.4, -0.2) is 23.5 Å². The Morgan fingerprint density at radius 3 is 2.29 bits per heavy atom. The predicted octanol–water partition coefficient (Wildman–Crippen LogP) is 7.76. The normalized spacial score (nSPS) is 33.7. The van der Waals surface area contributed by atoms with Gasteiger partial charge >= 0.3 is 5.97 Å². The van der Waals surface area contributed by atoms with Gasteiger partial charge in [0.1, 0.15) is 5.75 Å². The van der Waals surface area contributed by atoms with Gasteiger partial charge in [0, 0.05) is 28.8 Å². The lowest BCUT2D eigenvalue weighted by Gasteiger charge is -2.77. The van der Waals surface area contributed by atoms with Gasteiger partial charge in [-0.25, -0.2) is 4.79 Å². The number of para-hydroxylation sites is 1. The minimum Gasteiger partial charge on any atom is -0.424 e. The van der Waals surface area contributed by atoms with Gasteiger partial charge in [-0.3, -0.25) is 0 Å². The quantitative estimate of drug-likeness (QED) is 0.153. The Morgan fingerprint density at radius 2 is 1.58 bits per heavy atom. The zero-order chi connectivity index (χ0) is 26.8. The van der Waals surface area contributed by atoms with Crippen LogP contribution < -0.4 is 4.74 Å². The summed E-state index contributed by atoms with van der Waals surface area (Å²) in [5.41, 5.74) is 10.6. The Labute approximate surface area is 232 Å². The minimum atomic E-state index is -1.21. The van der Waals surface area contributed by atoms with Crippen molar-refractivity contribution < 1.29 is 14.3 Å². The summed E-state index contributed by atoms with van der Waals surface area (Å²) in [6.45, 7) is 17.8. The van der Waals surface area contributed by atoms with Crippen LogP contribution in [0, 0.1) is 10.8 Å². The van der Waals surface area contributed by atoms with E-state index in [0.717, 1.165) is 28.5 Å². The lowest BCUT2D eigenvalue weighted by atomic mass is 9.25. The summed E-state index contributed by atoms with van der Waals surface area (Å²) in [5, 5.41) is 0.799. The number of halogens is 1. The molecular weight excluding hydrogens is 536 g/mol. The number of carbonyl (C=O) groups is 1. The lowest BCUT2D eigenvalue weighted by molar-refractivity contribution is -0.255. The molecule has 1 aromatic carbocycles. The van der Waals surface area contributed by atoms with Crippen molar-refractivity contribution in [2.24, 2.45) is 10.8 Å². The van der Waals surface area contributed by atoms with Crippen LogP contribution in [0.15, 0.2) is 117 Å². The molecule has 38 heavy (non-hydrogen) atoms. The fourth-order valence-corrected chi connectivity index (χ4v) is 9.49. The van der Waals surface area contributed by atoms with E-state index in [0.29, 0.717) is 12.4 Å². The number of hydrogen-bond donors (Lipinski definition) is 0. The summed E-state index contributed by atoms with van der Waals surface area (Å²) in [7, 11) is 0. The Hall–Kier alpha value is -2.95. The second-order valence-electron chi connectivity index (χ2n) is 11.2. The molecule has 192 valence electrons. The van der Waals surface area contributed by atoms with E-state index in [9.17, 15) is 4.79 Å². The van der Waals surface area contributed by atoms with E-state index in [-0.39, 0.29) is 11.9 Å². The number of ether oxygens (including phenoxy) is 2. The first-order valence-corrected chi connectivity index (χ1v) is 14.5. The van der Waals surface area contributed by atoms with Crippen molar-refractivity contribution in [3.8, 4) is 5.75 Å². The van der Waals surface area contributed by atoms with Crippen LogP contribution in [0.25, 0.3) is 0 Å². The Kier molecular flexibility index (Phi) is 4.81. The van der Waals surface area contributed by atoms with Crippen molar-refractivity contribution in [2.75, 3.05) is 11.9 Å². The molecule has 4 heteroatoms. The zero-order valence-corrected chi connectivity index (χ0v) is 23.9. The molecule has 3 nitrogen and oxygen atoms in total. The van der Waals surface area contributed by atoms with Gasteiger partial charge in [-0.15, -0.1) is 0 Å². The van der Waals surface area contributed by atoms with Gasteiger partial charge in [0.05, 0.1) is 5.41 Å². The number of esters is 1. The van der Waals surface area contributed by atoms with Crippen LogP contribution in [0.3, 0.4) is 0 Å². The Morgan fingerprint density at radius 1 is 0.947 bits per heavy atom. The van der Waals surface area contributed by atoms with Crippen LogP contribution >= 0.6 is 15.9 Å². The third-order valence-electron chi connectivity index (χ3n) is 10.2. The molecule has 1 aromatic rings. The highest BCUT2D eigenvalue weighted by molar-refractivity contribution is 9.09. The number of benzene rings is 1. The molecule has 0 aromatic heterocycles. The maximum Gasteiger partial charge on any atom is 0.345 e. The highest BCUT2D eigenvalue weighted by Crippen LogP contribution is 2.90. The number of carbonyl (C=O) groups excluding carboxylic acids is 1. The fraction of sp³-hybridized carbons (Fsp3) is 0.324. The summed E-state index contributed by atoms with van der Waals surface area (Å²) >= 11 is 3.57. The first-order valence-electron chi connectivity index (χ1n) is 13.4. The third-order valence-corrected chi connectivity index (χ3v) is 10.8. The average molecular weight is 568 g/mol. The molecule has 1 saturated carbocycles. The van der Waals surface area contributed by atoms with Crippen LogP contribution in [-0.2, 0) is 9.53 Å². The largest absolute Gasteiger partial charge is 0.424 e. The van der Waals surface area contributed by atoms with Gasteiger partial charge in [-0.05, 0) is 95.9 Å². The van der Waals surface area contributed by atoms with E-state index in [1.54, 1.807) is 0 Å². The van der Waals surface area contributed by atoms with Gasteiger partial charge in [0.15, 0.2) is 5.60 Å². The summed E-state index contributed by atoms with van der Waals surface area (Å²) in [5.74, 6) is 0.105. The lowest BCUT2D eigenvalue weighted by Crippen LogP contribution is -2.83. The maximum atomic E-state index is 14.6. The molecule has 6 aliphatic rings. The van der Waals surface area contributed by atoms with Crippen LogP contribution in [0.5, 0.6) is 5.75 Å². The fourth-order valence-electron chi connectivity index (χ4n) is 9.26. The summed E-state index contributed by atoms with van der Waals surface area (Å²) in [4.78, 5) is 14.6. The molecule has 7 rings (SSSR count). The van der Waals surface area contributed by atoms with Crippen molar-refractivity contribution in [3.05, 3.63) is 123 Å². The molecule has 1 heterocycles. The van der Waals surface area contributed by atoms with Gasteiger partial charge in [0.25, 0.3) is 0 Å². The molecule has 4 atom stereocenters. The number of rotatable bonds is 6. The van der Waals surface area contributed by atoms with Crippen molar-refractivity contribution in [1.82, 2.24) is 0 Å². The molecule has 0 radical (unpaired) electrons. The predicted molar refractivity (Wildman–Crippen MR) is 154 cm³/mol. The number of hydrogen-bond acceptors (Lipinski definition) is 3. The van der Waals surface area contributed by atoms with Crippen LogP contribution in [0.1, 0.15) is 45.6 Å². The molecule has 1 aliphatic heterocycles.